The normalized spacial score (nSPS) is 19.6. The maximum atomic E-state index is 13.0. The second-order valence-electron chi connectivity index (χ2n) is 7.51. The lowest BCUT2D eigenvalue weighted by molar-refractivity contribution is 0.0162. The van der Waals surface area contributed by atoms with Crippen molar-refractivity contribution in [1.82, 2.24) is 14.5 Å². The van der Waals surface area contributed by atoms with Crippen molar-refractivity contribution in [2.75, 3.05) is 45.9 Å². The summed E-state index contributed by atoms with van der Waals surface area (Å²) in [5, 5.41) is 4.67. The van der Waals surface area contributed by atoms with E-state index in [-0.39, 0.29) is 21.7 Å². The minimum absolute atomic E-state index is 0.0117. The van der Waals surface area contributed by atoms with Crippen LogP contribution < -0.4 is 5.32 Å². The number of nitrogens with one attached hydrogen (secondary N) is 1. The van der Waals surface area contributed by atoms with E-state index in [0.717, 1.165) is 31.5 Å². The van der Waals surface area contributed by atoms with E-state index in [1.54, 1.807) is 11.4 Å². The van der Waals surface area contributed by atoms with Gasteiger partial charge in [-0.15, -0.1) is 11.3 Å². The van der Waals surface area contributed by atoms with E-state index in [1.807, 2.05) is 18.2 Å². The minimum Gasteiger partial charge on any atom is -0.379 e. The van der Waals surface area contributed by atoms with Gasteiger partial charge in [-0.1, -0.05) is 30.3 Å². The van der Waals surface area contributed by atoms with Crippen LogP contribution in [0.5, 0.6) is 0 Å². The van der Waals surface area contributed by atoms with Crippen LogP contribution in [0.2, 0.25) is 0 Å². The summed E-state index contributed by atoms with van der Waals surface area (Å²) in [5.74, 6) is -0.336. The SMILES string of the molecule is O=C(NCC(c1ccccc1)N1CCOCC1)c1sccc1S(=O)(=O)N1CCCC1. The molecule has 0 saturated carbocycles. The molecule has 4 rings (SSSR count). The maximum absolute atomic E-state index is 13.0. The Morgan fingerprint density at radius 2 is 1.77 bits per heavy atom. The molecule has 1 atom stereocenters. The number of carbonyl (C=O) groups excluding carboxylic acids is 1. The van der Waals surface area contributed by atoms with Crippen LogP contribution in [-0.4, -0.2) is 69.5 Å². The lowest BCUT2D eigenvalue weighted by atomic mass is 10.0. The Kier molecular flexibility index (Phi) is 6.84. The van der Waals surface area contributed by atoms with Crippen molar-refractivity contribution >= 4 is 27.3 Å². The predicted molar refractivity (Wildman–Crippen MR) is 116 cm³/mol. The number of thiophene rings is 1. The number of benzene rings is 1. The fourth-order valence-electron chi connectivity index (χ4n) is 4.03. The number of nitrogens with zero attached hydrogens (tertiary/aromatic N) is 2. The summed E-state index contributed by atoms with van der Waals surface area (Å²) in [5.41, 5.74) is 1.12. The van der Waals surface area contributed by atoms with Gasteiger partial charge in [-0.2, -0.15) is 4.31 Å². The number of amides is 1. The summed E-state index contributed by atoms with van der Waals surface area (Å²) in [6.07, 6.45) is 1.73. The quantitative estimate of drug-likeness (QED) is 0.702. The Morgan fingerprint density at radius 3 is 2.47 bits per heavy atom. The van der Waals surface area contributed by atoms with Crippen molar-refractivity contribution < 1.29 is 17.9 Å². The van der Waals surface area contributed by atoms with E-state index in [4.69, 9.17) is 4.74 Å². The molecule has 0 radical (unpaired) electrons. The smallest absolute Gasteiger partial charge is 0.262 e. The van der Waals surface area contributed by atoms with Crippen LogP contribution in [0, 0.1) is 0 Å². The molecule has 1 aromatic carbocycles. The molecule has 2 saturated heterocycles. The Labute approximate surface area is 181 Å². The first-order valence-corrected chi connectivity index (χ1v) is 12.6. The standard InChI is InChI=1S/C21H27N3O4S2/c25-21(20-19(8-15-29-20)30(26,27)24-9-4-5-10-24)22-16-18(17-6-2-1-3-7-17)23-11-13-28-14-12-23/h1-3,6-8,15,18H,4-5,9-14,16H2,(H,22,25). The van der Waals surface area contributed by atoms with Crippen LogP contribution in [0.4, 0.5) is 0 Å². The zero-order valence-corrected chi connectivity index (χ0v) is 18.5. The third-order valence-corrected chi connectivity index (χ3v) is 8.63. The monoisotopic (exact) mass is 449 g/mol. The fourth-order valence-corrected chi connectivity index (χ4v) is 6.86. The molecule has 0 bridgehead atoms. The molecule has 2 fully saturated rings. The molecule has 1 aromatic heterocycles. The summed E-state index contributed by atoms with van der Waals surface area (Å²) >= 11 is 1.17. The molecule has 1 amide bonds. The average molecular weight is 450 g/mol. The van der Waals surface area contributed by atoms with Crippen LogP contribution in [-0.2, 0) is 14.8 Å². The lowest BCUT2D eigenvalue weighted by Crippen LogP contribution is -2.43. The van der Waals surface area contributed by atoms with E-state index in [1.165, 1.54) is 15.6 Å². The third kappa shape index (κ3) is 4.60. The van der Waals surface area contributed by atoms with Crippen molar-refractivity contribution in [3.63, 3.8) is 0 Å². The average Bonchev–Trinajstić information content (AvgIpc) is 3.48. The third-order valence-electron chi connectivity index (χ3n) is 5.64. The van der Waals surface area contributed by atoms with E-state index < -0.39 is 10.0 Å². The highest BCUT2D eigenvalue weighted by Gasteiger charge is 2.32. The van der Waals surface area contributed by atoms with Gasteiger partial charge in [-0.05, 0) is 29.9 Å². The van der Waals surface area contributed by atoms with E-state index >= 15 is 0 Å². The molecular formula is C21H27N3O4S2. The van der Waals surface area contributed by atoms with Crippen LogP contribution in [0.3, 0.4) is 0 Å². The Morgan fingerprint density at radius 1 is 1.07 bits per heavy atom. The number of hydrogen-bond acceptors (Lipinski definition) is 6. The summed E-state index contributed by atoms with van der Waals surface area (Å²) in [6, 6.07) is 11.6. The van der Waals surface area contributed by atoms with Crippen molar-refractivity contribution in [2.24, 2.45) is 0 Å². The summed E-state index contributed by atoms with van der Waals surface area (Å²) in [7, 11) is -3.63. The number of rotatable bonds is 7. The second kappa shape index (κ2) is 9.57. The van der Waals surface area contributed by atoms with Gasteiger partial charge < -0.3 is 10.1 Å². The van der Waals surface area contributed by atoms with E-state index in [0.29, 0.717) is 32.8 Å². The zero-order chi connectivity index (χ0) is 21.0. The zero-order valence-electron chi connectivity index (χ0n) is 16.8. The largest absolute Gasteiger partial charge is 0.379 e. The molecule has 2 aromatic rings. The topological polar surface area (TPSA) is 79.0 Å². The molecule has 7 nitrogen and oxygen atoms in total. The van der Waals surface area contributed by atoms with Gasteiger partial charge in [0.05, 0.1) is 19.3 Å². The van der Waals surface area contributed by atoms with Crippen molar-refractivity contribution in [1.29, 1.82) is 0 Å². The number of carbonyl (C=O) groups is 1. The minimum atomic E-state index is -3.63. The predicted octanol–water partition coefficient (Wildman–Crippen LogP) is 2.34. The molecule has 1 unspecified atom stereocenters. The first-order chi connectivity index (χ1) is 14.6. The summed E-state index contributed by atoms with van der Waals surface area (Å²) in [6.45, 7) is 4.37. The Balaban J connectivity index is 1.50. The second-order valence-corrected chi connectivity index (χ2v) is 10.3. The van der Waals surface area contributed by atoms with Crippen LogP contribution in [0.25, 0.3) is 0 Å². The molecule has 162 valence electrons. The number of ether oxygens (including phenoxy) is 1. The maximum Gasteiger partial charge on any atom is 0.262 e. The Hall–Kier alpha value is -1.78. The number of sulfonamides is 1. The molecular weight excluding hydrogens is 422 g/mol. The molecule has 30 heavy (non-hydrogen) atoms. The van der Waals surface area contributed by atoms with Gasteiger partial charge in [-0.3, -0.25) is 9.69 Å². The molecule has 0 spiro atoms. The van der Waals surface area contributed by atoms with Crippen LogP contribution >= 0.6 is 11.3 Å². The van der Waals surface area contributed by atoms with Crippen molar-refractivity contribution in [2.45, 2.75) is 23.8 Å². The highest BCUT2D eigenvalue weighted by atomic mass is 32.2. The van der Waals surface area contributed by atoms with E-state index in [2.05, 4.69) is 22.3 Å². The van der Waals surface area contributed by atoms with Crippen LogP contribution in [0.1, 0.15) is 34.1 Å². The highest BCUT2D eigenvalue weighted by molar-refractivity contribution is 7.89. The summed E-state index contributed by atoms with van der Waals surface area (Å²) < 4.78 is 32.9. The van der Waals surface area contributed by atoms with Gasteiger partial charge in [0.1, 0.15) is 9.77 Å². The van der Waals surface area contributed by atoms with Gasteiger partial charge in [0.25, 0.3) is 5.91 Å². The molecule has 1 N–H and O–H groups in total. The molecule has 9 heteroatoms. The first-order valence-electron chi connectivity index (χ1n) is 10.3. The molecule has 2 aliphatic rings. The number of hydrogen-bond donors (Lipinski definition) is 1. The molecule has 0 aliphatic carbocycles. The van der Waals surface area contributed by atoms with Gasteiger partial charge in [0.15, 0.2) is 0 Å². The number of morpholine rings is 1. The fraction of sp³-hybridized carbons (Fsp3) is 0.476. The Bertz CT molecular complexity index is 950. The lowest BCUT2D eigenvalue weighted by Gasteiger charge is -2.34. The first kappa shape index (κ1) is 21.5. The van der Waals surface area contributed by atoms with E-state index in [9.17, 15) is 13.2 Å². The van der Waals surface area contributed by atoms with Gasteiger partial charge in [-0.25, -0.2) is 8.42 Å². The highest BCUT2D eigenvalue weighted by Crippen LogP contribution is 2.28. The molecule has 2 aliphatic heterocycles. The van der Waals surface area contributed by atoms with Crippen LogP contribution in [0.15, 0.2) is 46.7 Å². The van der Waals surface area contributed by atoms with Crippen molar-refractivity contribution in [3.8, 4) is 0 Å². The van der Waals surface area contributed by atoms with Gasteiger partial charge in [0.2, 0.25) is 10.0 Å². The summed E-state index contributed by atoms with van der Waals surface area (Å²) in [4.78, 5) is 15.7. The van der Waals surface area contributed by atoms with Gasteiger partial charge in [0, 0.05) is 32.7 Å². The van der Waals surface area contributed by atoms with Crippen molar-refractivity contribution in [3.05, 3.63) is 52.2 Å². The van der Waals surface area contributed by atoms with Gasteiger partial charge >= 0.3 is 0 Å². The molecule has 3 heterocycles.